The van der Waals surface area contributed by atoms with Gasteiger partial charge >= 0.3 is 0 Å². The lowest BCUT2D eigenvalue weighted by molar-refractivity contribution is 0.0730. The number of hydrogen-bond donors (Lipinski definition) is 1. The van der Waals surface area contributed by atoms with Gasteiger partial charge in [-0.05, 0) is 6.07 Å². The van der Waals surface area contributed by atoms with Crippen LogP contribution in [0.5, 0.6) is 11.5 Å². The van der Waals surface area contributed by atoms with E-state index in [1.165, 1.54) is 42.0 Å². The van der Waals surface area contributed by atoms with Crippen molar-refractivity contribution >= 4 is 32.2 Å². The van der Waals surface area contributed by atoms with Gasteiger partial charge in [-0.25, -0.2) is 13.4 Å². The first-order valence-electron chi connectivity index (χ1n) is 9.47. The van der Waals surface area contributed by atoms with E-state index in [1.54, 1.807) is 0 Å². The van der Waals surface area contributed by atoms with Gasteiger partial charge in [0.15, 0.2) is 16.5 Å². The standard InChI is InChI=1S/C19H22N4O6S2/c1-27-16-10-14(31(25,26)23-3-6-29-7-4-23)9-15(17(16)28-2)18(24)20-11-13-12-22-5-8-30-19(22)21-13/h5,8-10,12H,3-4,6-7,11H2,1-2H3,(H,20,24). The first-order chi connectivity index (χ1) is 14.9. The molecule has 166 valence electrons. The summed E-state index contributed by atoms with van der Waals surface area (Å²) in [5.41, 5.74) is 0.748. The molecule has 3 aromatic rings. The maximum atomic E-state index is 13.1. The first-order valence-corrected chi connectivity index (χ1v) is 11.8. The summed E-state index contributed by atoms with van der Waals surface area (Å²) in [6.07, 6.45) is 3.70. The molecule has 0 bridgehead atoms. The van der Waals surface area contributed by atoms with E-state index in [-0.39, 0.29) is 41.6 Å². The van der Waals surface area contributed by atoms with E-state index in [9.17, 15) is 13.2 Å². The highest BCUT2D eigenvalue weighted by Gasteiger charge is 2.30. The number of morpholine rings is 1. The van der Waals surface area contributed by atoms with Gasteiger partial charge < -0.3 is 19.5 Å². The van der Waals surface area contributed by atoms with Crippen LogP contribution in [-0.2, 0) is 21.3 Å². The topological polar surface area (TPSA) is 111 Å². The van der Waals surface area contributed by atoms with Crippen LogP contribution in [0.25, 0.3) is 4.96 Å². The lowest BCUT2D eigenvalue weighted by atomic mass is 10.1. The van der Waals surface area contributed by atoms with Gasteiger partial charge in [0.2, 0.25) is 10.0 Å². The van der Waals surface area contributed by atoms with Crippen LogP contribution in [0.15, 0.2) is 34.8 Å². The van der Waals surface area contributed by atoms with Crippen molar-refractivity contribution in [1.82, 2.24) is 19.0 Å². The lowest BCUT2D eigenvalue weighted by Gasteiger charge is -2.26. The highest BCUT2D eigenvalue weighted by molar-refractivity contribution is 7.89. The molecule has 0 saturated carbocycles. The van der Waals surface area contributed by atoms with Gasteiger partial charge in [0, 0.05) is 36.9 Å². The second-order valence-electron chi connectivity index (χ2n) is 6.73. The third kappa shape index (κ3) is 4.24. The maximum absolute atomic E-state index is 13.1. The van der Waals surface area contributed by atoms with Crippen molar-refractivity contribution in [1.29, 1.82) is 0 Å². The molecule has 1 N–H and O–H groups in total. The number of nitrogens with zero attached hydrogens (tertiary/aromatic N) is 3. The lowest BCUT2D eigenvalue weighted by Crippen LogP contribution is -2.40. The second-order valence-corrected chi connectivity index (χ2v) is 9.54. The molecule has 2 aromatic heterocycles. The number of rotatable bonds is 7. The smallest absolute Gasteiger partial charge is 0.255 e. The molecular formula is C19H22N4O6S2. The minimum absolute atomic E-state index is 0.0419. The van der Waals surface area contributed by atoms with Crippen LogP contribution in [0.3, 0.4) is 0 Å². The predicted molar refractivity (Wildman–Crippen MR) is 113 cm³/mol. The van der Waals surface area contributed by atoms with Gasteiger partial charge in [-0.2, -0.15) is 4.31 Å². The first kappa shape index (κ1) is 21.6. The number of aromatic nitrogens is 2. The summed E-state index contributed by atoms with van der Waals surface area (Å²) < 4.78 is 45.3. The molecule has 1 fully saturated rings. The van der Waals surface area contributed by atoms with Gasteiger partial charge in [-0.1, -0.05) is 0 Å². The fourth-order valence-electron chi connectivity index (χ4n) is 3.32. The zero-order valence-corrected chi connectivity index (χ0v) is 18.7. The molecule has 10 nitrogen and oxygen atoms in total. The molecule has 0 radical (unpaired) electrons. The predicted octanol–water partition coefficient (Wildman–Crippen LogP) is 1.36. The summed E-state index contributed by atoms with van der Waals surface area (Å²) in [5.74, 6) is -0.179. The van der Waals surface area contributed by atoms with Gasteiger partial charge in [0.1, 0.15) is 0 Å². The van der Waals surface area contributed by atoms with Crippen LogP contribution in [0.2, 0.25) is 0 Å². The van der Waals surface area contributed by atoms with Crippen LogP contribution in [-0.4, -0.2) is 68.5 Å². The average Bonchev–Trinajstić information content (AvgIpc) is 3.39. The zero-order valence-electron chi connectivity index (χ0n) is 17.0. The third-order valence-corrected chi connectivity index (χ3v) is 7.53. The normalized spacial score (nSPS) is 15.2. The Morgan fingerprint density at radius 2 is 2.03 bits per heavy atom. The largest absolute Gasteiger partial charge is 0.493 e. The highest BCUT2D eigenvalue weighted by Crippen LogP contribution is 2.35. The number of methoxy groups -OCH3 is 2. The van der Waals surface area contributed by atoms with Crippen molar-refractivity contribution in [3.05, 3.63) is 41.2 Å². The number of hydrogen-bond acceptors (Lipinski definition) is 8. The molecule has 12 heteroatoms. The van der Waals surface area contributed by atoms with Crippen molar-refractivity contribution in [2.45, 2.75) is 11.4 Å². The van der Waals surface area contributed by atoms with Crippen molar-refractivity contribution in [2.24, 2.45) is 0 Å². The van der Waals surface area contributed by atoms with Crippen molar-refractivity contribution < 1.29 is 27.4 Å². The Balaban J connectivity index is 1.63. The summed E-state index contributed by atoms with van der Waals surface area (Å²) in [7, 11) is -1.04. The number of sulfonamides is 1. The Kier molecular flexibility index (Phi) is 6.14. The molecule has 0 spiro atoms. The molecule has 0 atom stereocenters. The Hall–Kier alpha value is -2.67. The summed E-state index contributed by atoms with van der Waals surface area (Å²) in [6, 6.07) is 2.68. The molecule has 3 heterocycles. The molecule has 4 rings (SSSR count). The van der Waals surface area contributed by atoms with Crippen LogP contribution in [0, 0.1) is 0 Å². The number of nitrogens with one attached hydrogen (secondary N) is 1. The molecule has 1 aliphatic rings. The van der Waals surface area contributed by atoms with Crippen molar-refractivity contribution in [3.8, 4) is 11.5 Å². The van der Waals surface area contributed by atoms with E-state index in [0.717, 1.165) is 4.96 Å². The van der Waals surface area contributed by atoms with E-state index in [4.69, 9.17) is 14.2 Å². The number of benzene rings is 1. The molecule has 1 aliphatic heterocycles. The average molecular weight is 467 g/mol. The summed E-state index contributed by atoms with van der Waals surface area (Å²) in [6.45, 7) is 1.31. The Morgan fingerprint density at radius 3 is 2.71 bits per heavy atom. The number of amides is 1. The zero-order chi connectivity index (χ0) is 22.0. The van der Waals surface area contributed by atoms with E-state index in [2.05, 4.69) is 10.3 Å². The van der Waals surface area contributed by atoms with E-state index < -0.39 is 15.9 Å². The quantitative estimate of drug-likeness (QED) is 0.560. The summed E-state index contributed by atoms with van der Waals surface area (Å²) >= 11 is 1.49. The number of thiazole rings is 1. The maximum Gasteiger partial charge on any atom is 0.255 e. The summed E-state index contributed by atoms with van der Waals surface area (Å²) in [5, 5.41) is 4.70. The Morgan fingerprint density at radius 1 is 1.26 bits per heavy atom. The highest BCUT2D eigenvalue weighted by atomic mass is 32.2. The fourth-order valence-corrected chi connectivity index (χ4v) is 5.49. The SMILES string of the molecule is COc1cc(S(=O)(=O)N2CCOCC2)cc(C(=O)NCc2cn3ccsc3n2)c1OC. The molecule has 0 aliphatic carbocycles. The van der Waals surface area contributed by atoms with Crippen LogP contribution < -0.4 is 14.8 Å². The molecule has 1 saturated heterocycles. The number of fused-ring (bicyclic) bond motifs is 1. The van der Waals surface area contributed by atoms with Gasteiger partial charge in [-0.15, -0.1) is 11.3 Å². The van der Waals surface area contributed by atoms with Crippen LogP contribution >= 0.6 is 11.3 Å². The third-order valence-electron chi connectivity index (χ3n) is 4.88. The van der Waals surface area contributed by atoms with Crippen molar-refractivity contribution in [2.75, 3.05) is 40.5 Å². The minimum atomic E-state index is -3.83. The Labute approximate surface area is 183 Å². The molecular weight excluding hydrogens is 444 g/mol. The summed E-state index contributed by atoms with van der Waals surface area (Å²) in [4.78, 5) is 18.2. The van der Waals surface area contributed by atoms with Crippen LogP contribution in [0.4, 0.5) is 0 Å². The number of ether oxygens (including phenoxy) is 3. The van der Waals surface area contributed by atoms with Crippen molar-refractivity contribution in [3.63, 3.8) is 0 Å². The molecule has 1 aromatic carbocycles. The minimum Gasteiger partial charge on any atom is -0.493 e. The number of carbonyl (C=O) groups is 1. The van der Waals surface area contributed by atoms with Gasteiger partial charge in [0.05, 0.1) is 50.1 Å². The number of carbonyl (C=O) groups excluding carboxylic acids is 1. The van der Waals surface area contributed by atoms with Gasteiger partial charge in [-0.3, -0.25) is 9.20 Å². The molecule has 1 amide bonds. The Bertz CT molecular complexity index is 1170. The monoisotopic (exact) mass is 466 g/mol. The van der Waals surface area contributed by atoms with Gasteiger partial charge in [0.25, 0.3) is 5.91 Å². The molecule has 31 heavy (non-hydrogen) atoms. The second kappa shape index (κ2) is 8.83. The van der Waals surface area contributed by atoms with Crippen LogP contribution in [0.1, 0.15) is 16.1 Å². The van der Waals surface area contributed by atoms with E-state index >= 15 is 0 Å². The van der Waals surface area contributed by atoms with E-state index in [1.807, 2.05) is 22.2 Å². The fraction of sp³-hybridized carbons (Fsp3) is 0.368. The molecule has 0 unspecified atom stereocenters. The van der Waals surface area contributed by atoms with E-state index in [0.29, 0.717) is 18.9 Å². The number of imidazole rings is 1.